The summed E-state index contributed by atoms with van der Waals surface area (Å²) in [4.78, 5) is 2.36. The number of rotatable bonds is 11. The van der Waals surface area contributed by atoms with Crippen LogP contribution in [-0.2, 0) is 41.6 Å². The second-order valence-electron chi connectivity index (χ2n) is 15.0. The van der Waals surface area contributed by atoms with Gasteiger partial charge >= 0.3 is 37.7 Å². The average Bonchev–Trinajstić information content (AvgIpc) is 3.83. The second-order valence-corrected chi connectivity index (χ2v) is 20.3. The molecular formula is C32H72Br4F4Li2N6O8S4. The number of likely N-dealkylation sites (tertiary alicyclic amines) is 4. The van der Waals surface area contributed by atoms with Crippen LogP contribution in [0.4, 0.5) is 15.5 Å². The Hall–Kier alpha value is 2.39. The van der Waals surface area contributed by atoms with E-state index in [1.165, 1.54) is 162 Å². The minimum absolute atomic E-state index is 0. The second kappa shape index (κ2) is 41.6. The van der Waals surface area contributed by atoms with Gasteiger partial charge in [-0.3, -0.25) is 0 Å². The first-order valence-electron chi connectivity index (χ1n) is 19.0. The van der Waals surface area contributed by atoms with Crippen molar-refractivity contribution in [2.75, 3.05) is 106 Å². The maximum Gasteiger partial charge on any atom is 1.00 e. The van der Waals surface area contributed by atoms with Crippen molar-refractivity contribution in [3.63, 3.8) is 0 Å². The summed E-state index contributed by atoms with van der Waals surface area (Å²) in [6.07, 6.45) is 16.8. The molecule has 0 bridgehead atoms. The molecule has 14 nitrogen and oxygen atoms in total. The van der Waals surface area contributed by atoms with Crippen molar-refractivity contribution in [3.05, 3.63) is 8.25 Å². The standard InChI is InChI=1S/3C8H18N.C5H11N.C3H7Br.3BrH.2F2NO4S2.2Li/c3*1-3-6-9(2)7-4-5-8-9;1-6-4-2-3-5-6;1-2-3-4;;;;2*1-8(4,5)3-9(2,6)7;;/h3*3-8H2,1-2H3;2-5H2,1H3;2-3H2,1H3;3*1H;;;;/q3*+1;;;;;;2*-1;2*+1/p-3. The van der Waals surface area contributed by atoms with Crippen molar-refractivity contribution >= 4 is 57.6 Å². The predicted octanol–water partition coefficient (Wildman–Crippen LogP) is -7.99. The third-order valence-electron chi connectivity index (χ3n) is 9.10. The Labute approximate surface area is 428 Å². The van der Waals surface area contributed by atoms with E-state index < -0.39 is 41.6 Å². The smallest absolute Gasteiger partial charge is 1.00 e. The van der Waals surface area contributed by atoms with Crippen LogP contribution in [0, 0.1) is 0 Å². The van der Waals surface area contributed by atoms with Gasteiger partial charge in [0.2, 0.25) is 41.6 Å². The molecule has 4 rings (SSSR count). The van der Waals surface area contributed by atoms with E-state index in [1.54, 1.807) is 0 Å². The van der Waals surface area contributed by atoms with Crippen molar-refractivity contribution in [1.82, 2.24) is 4.90 Å². The Morgan fingerprint density at radius 2 is 0.650 bits per heavy atom. The molecule has 60 heavy (non-hydrogen) atoms. The van der Waals surface area contributed by atoms with Crippen molar-refractivity contribution < 1.29 is 151 Å². The Morgan fingerprint density at radius 1 is 0.467 bits per heavy atom. The molecule has 0 unspecified atom stereocenters. The van der Waals surface area contributed by atoms with Gasteiger partial charge in [0.1, 0.15) is 0 Å². The Balaban J connectivity index is -0.0000000873. The predicted molar refractivity (Wildman–Crippen MR) is 219 cm³/mol. The zero-order chi connectivity index (χ0) is 43.5. The molecule has 4 saturated heterocycles. The van der Waals surface area contributed by atoms with Crippen molar-refractivity contribution in [2.24, 2.45) is 0 Å². The molecule has 0 atom stereocenters. The maximum absolute atomic E-state index is 11.1. The fourth-order valence-corrected chi connectivity index (χ4v) is 8.38. The molecule has 0 amide bonds. The molecule has 0 aromatic rings. The summed E-state index contributed by atoms with van der Waals surface area (Å²) in [7, 11) is -13.1. The van der Waals surface area contributed by atoms with Gasteiger partial charge in [-0.05, 0) is 58.7 Å². The molecular weight excluding hydrogens is 1130 g/mol. The largest absolute Gasteiger partial charge is 1.00 e. The van der Waals surface area contributed by atoms with Gasteiger partial charge in [0.25, 0.3) is 0 Å². The van der Waals surface area contributed by atoms with Gasteiger partial charge in [-0.15, -0.1) is 15.5 Å². The first-order valence-corrected chi connectivity index (χ1v) is 25.5. The van der Waals surface area contributed by atoms with Gasteiger partial charge in [-0.2, -0.15) is 0 Å². The van der Waals surface area contributed by atoms with E-state index in [0.29, 0.717) is 0 Å². The van der Waals surface area contributed by atoms with Crippen LogP contribution in [0.3, 0.4) is 0 Å². The van der Waals surface area contributed by atoms with E-state index in [1.807, 2.05) is 0 Å². The van der Waals surface area contributed by atoms with Crippen molar-refractivity contribution in [1.29, 1.82) is 0 Å². The minimum atomic E-state index is -5.62. The Kier molecular flexibility index (Phi) is 55.1. The topological polar surface area (TPSA) is 168 Å². The normalized spacial score (nSPS) is 18.2. The van der Waals surface area contributed by atoms with Crippen LogP contribution >= 0.6 is 15.9 Å². The van der Waals surface area contributed by atoms with Gasteiger partial charge in [0.05, 0.1) is 80.0 Å². The van der Waals surface area contributed by atoms with Crippen molar-refractivity contribution in [3.8, 4) is 0 Å². The summed E-state index contributed by atoms with van der Waals surface area (Å²) in [5, 5.41) is 1.13. The third-order valence-corrected chi connectivity index (χ3v) is 12.7. The van der Waals surface area contributed by atoms with Crippen LogP contribution in [0.2, 0.25) is 0 Å². The molecule has 28 heteroatoms. The SMILES string of the molecule is CCCBr.CCC[N+]1(C)CCCC1.CCC[N+]1(C)CCCC1.CCC[N+]1(C)CCCC1.CN1CCCC1.O=S(=O)(F)[N-]S(=O)(=O)F.O=S(=O)(F)[N-]S(=O)(=O)F.[Br-].[Br-].[Br-].[Li+].[Li+]. The van der Waals surface area contributed by atoms with Crippen LogP contribution in [0.25, 0.3) is 8.25 Å². The number of halogens is 8. The first kappa shape index (κ1) is 79.5. The van der Waals surface area contributed by atoms with Gasteiger partial charge in [-0.25, -0.2) is 33.7 Å². The average molecular weight is 1210 g/mol. The molecule has 0 spiro atoms. The number of hydrogen-bond acceptors (Lipinski definition) is 9. The molecule has 4 aliphatic heterocycles. The van der Waals surface area contributed by atoms with E-state index in [-0.39, 0.29) is 88.7 Å². The maximum atomic E-state index is 11.1. The van der Waals surface area contributed by atoms with Crippen LogP contribution in [0.15, 0.2) is 0 Å². The summed E-state index contributed by atoms with van der Waals surface area (Å²) < 4.78 is 124. The van der Waals surface area contributed by atoms with Gasteiger partial charge in [0.15, 0.2) is 0 Å². The fourth-order valence-electron chi connectivity index (χ4n) is 6.67. The van der Waals surface area contributed by atoms with E-state index in [0.717, 1.165) is 13.6 Å². The van der Waals surface area contributed by atoms with Crippen LogP contribution in [-0.4, -0.2) is 158 Å². The van der Waals surface area contributed by atoms with Crippen LogP contribution < -0.4 is 88.7 Å². The number of quaternary nitrogens is 3. The molecule has 0 aliphatic carbocycles. The van der Waals surface area contributed by atoms with E-state index in [9.17, 15) is 49.2 Å². The molecule has 0 N–H and O–H groups in total. The zero-order valence-corrected chi connectivity index (χ0v) is 47.2. The fraction of sp³-hybridized carbons (Fsp3) is 1.00. The van der Waals surface area contributed by atoms with Gasteiger partial charge < -0.3 is 77.5 Å². The summed E-state index contributed by atoms with van der Waals surface area (Å²) in [5.41, 5.74) is 0. The minimum Gasteiger partial charge on any atom is -1.00 e. The molecule has 360 valence electrons. The molecule has 0 aromatic heterocycles. The number of alkyl halides is 1. The van der Waals surface area contributed by atoms with Crippen LogP contribution in [0.1, 0.15) is 105 Å². The van der Waals surface area contributed by atoms with E-state index >= 15 is 0 Å². The summed E-state index contributed by atoms with van der Waals surface area (Å²) in [6.45, 7) is 24.3. The van der Waals surface area contributed by atoms with Gasteiger partial charge in [0, 0.05) is 43.9 Å². The van der Waals surface area contributed by atoms with E-state index in [2.05, 4.69) is 76.7 Å². The quantitative estimate of drug-likeness (QED) is 0.0643. The zero-order valence-electron chi connectivity index (χ0n) is 37.6. The van der Waals surface area contributed by atoms with Gasteiger partial charge in [-0.1, -0.05) is 43.6 Å². The Morgan fingerprint density at radius 3 is 0.733 bits per heavy atom. The molecule has 0 saturated carbocycles. The summed E-state index contributed by atoms with van der Waals surface area (Å²) in [6, 6.07) is 0. The van der Waals surface area contributed by atoms with Crippen LogP contribution in [0.5, 0.6) is 0 Å². The molecule has 0 radical (unpaired) electrons. The Bertz CT molecular complexity index is 1260. The van der Waals surface area contributed by atoms with Crippen molar-refractivity contribution in [2.45, 2.75) is 105 Å². The summed E-state index contributed by atoms with van der Waals surface area (Å²) in [5.74, 6) is 0. The van der Waals surface area contributed by atoms with E-state index in [4.69, 9.17) is 0 Å². The molecule has 4 aliphatic rings. The number of hydrogen-bond donors (Lipinski definition) is 0. The molecule has 0 aromatic carbocycles. The third kappa shape index (κ3) is 56.5. The molecule has 4 fully saturated rings. The monoisotopic (exact) mass is 1200 g/mol. The summed E-state index contributed by atoms with van der Waals surface area (Å²) >= 11 is 3.25. The molecule has 4 heterocycles. The first-order chi connectivity index (χ1) is 25.0. The number of nitrogens with zero attached hydrogens (tertiary/aromatic N) is 6.